The van der Waals surface area contributed by atoms with E-state index in [1.54, 1.807) is 12.3 Å². The molecule has 0 saturated heterocycles. The van der Waals surface area contributed by atoms with Gasteiger partial charge in [0.15, 0.2) is 0 Å². The molecule has 3 heteroatoms. The van der Waals surface area contributed by atoms with Crippen LogP contribution >= 0.6 is 0 Å². The number of hydrogen-bond acceptors (Lipinski definition) is 3. The highest BCUT2D eigenvalue weighted by Crippen LogP contribution is 2.26. The summed E-state index contributed by atoms with van der Waals surface area (Å²) in [5, 5.41) is 9.08. The van der Waals surface area contributed by atoms with E-state index >= 15 is 0 Å². The number of nitriles is 1. The molecule has 0 atom stereocenters. The first-order valence-corrected chi connectivity index (χ1v) is 4.94. The third-order valence-corrected chi connectivity index (χ3v) is 2.50. The van der Waals surface area contributed by atoms with Gasteiger partial charge in [0.2, 0.25) is 0 Å². The zero-order valence-electron chi connectivity index (χ0n) is 8.94. The Balaban J connectivity index is 2.71. The summed E-state index contributed by atoms with van der Waals surface area (Å²) in [7, 11) is 0. The molecule has 1 aromatic heterocycles. The topological polar surface area (TPSA) is 62.7 Å². The number of pyridine rings is 1. The van der Waals surface area contributed by atoms with Crippen molar-refractivity contribution in [2.24, 2.45) is 0 Å². The molecule has 0 amide bonds. The van der Waals surface area contributed by atoms with Gasteiger partial charge in [0.1, 0.15) is 11.6 Å². The highest BCUT2D eigenvalue weighted by atomic mass is 14.7. The van der Waals surface area contributed by atoms with E-state index in [9.17, 15) is 0 Å². The van der Waals surface area contributed by atoms with Crippen LogP contribution in [-0.4, -0.2) is 4.98 Å². The fraction of sp³-hybridized carbons (Fsp3) is 0.0769. The molecular weight excluding hydrogens is 198 g/mol. The molecule has 78 valence electrons. The van der Waals surface area contributed by atoms with E-state index in [0.29, 0.717) is 16.9 Å². The average molecular weight is 209 g/mol. The summed E-state index contributed by atoms with van der Waals surface area (Å²) in [6.45, 7) is 1.99. The molecule has 0 spiro atoms. The summed E-state index contributed by atoms with van der Waals surface area (Å²) >= 11 is 0. The summed E-state index contributed by atoms with van der Waals surface area (Å²) in [6.07, 6.45) is 1.62. The highest BCUT2D eigenvalue weighted by molar-refractivity contribution is 5.75. The summed E-state index contributed by atoms with van der Waals surface area (Å²) < 4.78 is 0. The Morgan fingerprint density at radius 1 is 1.25 bits per heavy atom. The molecule has 2 rings (SSSR count). The Kier molecular flexibility index (Phi) is 2.57. The zero-order chi connectivity index (χ0) is 11.5. The Labute approximate surface area is 94.2 Å². The SMILES string of the molecule is Cc1ccccc1-c1nccc(N)c1C#N. The first-order chi connectivity index (χ1) is 7.74. The molecule has 1 aromatic carbocycles. The first-order valence-electron chi connectivity index (χ1n) is 4.94. The predicted molar refractivity (Wildman–Crippen MR) is 63.5 cm³/mol. The summed E-state index contributed by atoms with van der Waals surface area (Å²) in [5.41, 5.74) is 9.35. The van der Waals surface area contributed by atoms with Gasteiger partial charge in [-0.25, -0.2) is 0 Å². The fourth-order valence-electron chi connectivity index (χ4n) is 1.64. The van der Waals surface area contributed by atoms with Crippen LogP contribution in [0.15, 0.2) is 36.5 Å². The van der Waals surface area contributed by atoms with E-state index in [4.69, 9.17) is 11.0 Å². The van der Waals surface area contributed by atoms with Crippen molar-refractivity contribution in [3.8, 4) is 17.3 Å². The van der Waals surface area contributed by atoms with E-state index in [2.05, 4.69) is 11.1 Å². The van der Waals surface area contributed by atoms with Crippen LogP contribution in [0.25, 0.3) is 11.3 Å². The molecule has 2 aromatic rings. The molecule has 0 fully saturated rings. The van der Waals surface area contributed by atoms with Gasteiger partial charge in [-0.15, -0.1) is 0 Å². The van der Waals surface area contributed by atoms with Crippen molar-refractivity contribution < 1.29 is 0 Å². The molecule has 0 radical (unpaired) electrons. The third kappa shape index (κ3) is 1.61. The molecule has 0 aliphatic heterocycles. The quantitative estimate of drug-likeness (QED) is 0.784. The molecule has 0 aliphatic carbocycles. The maximum Gasteiger partial charge on any atom is 0.104 e. The van der Waals surface area contributed by atoms with Crippen LogP contribution in [0.2, 0.25) is 0 Å². The maximum absolute atomic E-state index is 9.08. The number of anilines is 1. The van der Waals surface area contributed by atoms with Crippen LogP contribution in [0.5, 0.6) is 0 Å². The number of nitrogen functional groups attached to an aromatic ring is 1. The molecule has 16 heavy (non-hydrogen) atoms. The van der Waals surface area contributed by atoms with Crippen molar-refractivity contribution in [1.29, 1.82) is 5.26 Å². The zero-order valence-corrected chi connectivity index (χ0v) is 8.94. The van der Waals surface area contributed by atoms with E-state index in [1.165, 1.54) is 0 Å². The van der Waals surface area contributed by atoms with E-state index in [0.717, 1.165) is 11.1 Å². The maximum atomic E-state index is 9.08. The summed E-state index contributed by atoms with van der Waals surface area (Å²) in [6, 6.07) is 11.6. The molecule has 0 saturated carbocycles. The van der Waals surface area contributed by atoms with Crippen molar-refractivity contribution in [2.75, 3.05) is 5.73 Å². The highest BCUT2D eigenvalue weighted by Gasteiger charge is 2.10. The molecule has 2 N–H and O–H groups in total. The van der Waals surface area contributed by atoms with Crippen LogP contribution in [-0.2, 0) is 0 Å². The largest absolute Gasteiger partial charge is 0.398 e. The third-order valence-electron chi connectivity index (χ3n) is 2.50. The monoisotopic (exact) mass is 209 g/mol. The van der Waals surface area contributed by atoms with Gasteiger partial charge in [0.05, 0.1) is 11.4 Å². The average Bonchev–Trinajstić information content (AvgIpc) is 2.29. The van der Waals surface area contributed by atoms with Crippen LogP contribution in [0.1, 0.15) is 11.1 Å². The molecule has 0 bridgehead atoms. The minimum Gasteiger partial charge on any atom is -0.398 e. The second-order valence-electron chi connectivity index (χ2n) is 3.55. The Hall–Kier alpha value is -2.34. The lowest BCUT2D eigenvalue weighted by Crippen LogP contribution is -1.96. The van der Waals surface area contributed by atoms with Gasteiger partial charge < -0.3 is 5.73 Å². The second-order valence-corrected chi connectivity index (χ2v) is 3.55. The lowest BCUT2D eigenvalue weighted by Gasteiger charge is -2.07. The van der Waals surface area contributed by atoms with Gasteiger partial charge in [-0.1, -0.05) is 24.3 Å². The Bertz CT molecular complexity index is 568. The normalized spacial score (nSPS) is 9.75. The van der Waals surface area contributed by atoms with E-state index in [1.807, 2.05) is 31.2 Å². The van der Waals surface area contributed by atoms with Crippen LogP contribution in [0, 0.1) is 18.3 Å². The van der Waals surface area contributed by atoms with Crippen molar-refractivity contribution in [3.05, 3.63) is 47.7 Å². The molecule has 0 aliphatic rings. The molecule has 0 unspecified atom stereocenters. The van der Waals surface area contributed by atoms with Gasteiger partial charge in [-0.3, -0.25) is 4.98 Å². The second kappa shape index (κ2) is 4.03. The van der Waals surface area contributed by atoms with Gasteiger partial charge >= 0.3 is 0 Å². The van der Waals surface area contributed by atoms with Crippen LogP contribution in [0.4, 0.5) is 5.69 Å². The van der Waals surface area contributed by atoms with E-state index < -0.39 is 0 Å². The van der Waals surface area contributed by atoms with Gasteiger partial charge in [-0.05, 0) is 18.6 Å². The van der Waals surface area contributed by atoms with Gasteiger partial charge in [0, 0.05) is 11.8 Å². The first kappa shape index (κ1) is 10.2. The number of hydrogen-bond donors (Lipinski definition) is 1. The minimum absolute atomic E-state index is 0.441. The van der Waals surface area contributed by atoms with Crippen molar-refractivity contribution in [3.63, 3.8) is 0 Å². The van der Waals surface area contributed by atoms with Crippen molar-refractivity contribution >= 4 is 5.69 Å². The number of nitrogens with two attached hydrogens (primary N) is 1. The number of aryl methyl sites for hydroxylation is 1. The fourth-order valence-corrected chi connectivity index (χ4v) is 1.64. The van der Waals surface area contributed by atoms with Crippen molar-refractivity contribution in [1.82, 2.24) is 4.98 Å². The standard InChI is InChI=1S/C13H11N3/c1-9-4-2-3-5-10(9)13-11(8-14)12(15)6-7-16-13/h2-7H,1H3,(H2,15,16). The van der Waals surface area contributed by atoms with Gasteiger partial charge in [0.25, 0.3) is 0 Å². The molecule has 3 nitrogen and oxygen atoms in total. The Morgan fingerprint density at radius 3 is 2.69 bits per heavy atom. The number of nitrogens with zero attached hydrogens (tertiary/aromatic N) is 2. The van der Waals surface area contributed by atoms with Crippen LogP contribution in [0.3, 0.4) is 0 Å². The predicted octanol–water partition coefficient (Wildman–Crippen LogP) is 2.51. The van der Waals surface area contributed by atoms with Crippen molar-refractivity contribution in [2.45, 2.75) is 6.92 Å². The number of rotatable bonds is 1. The lowest BCUT2D eigenvalue weighted by molar-refractivity contribution is 1.29. The minimum atomic E-state index is 0.441. The van der Waals surface area contributed by atoms with Crippen LogP contribution < -0.4 is 5.73 Å². The summed E-state index contributed by atoms with van der Waals surface area (Å²) in [4.78, 5) is 4.24. The smallest absolute Gasteiger partial charge is 0.104 e. The molecule has 1 heterocycles. The summed E-state index contributed by atoms with van der Waals surface area (Å²) in [5.74, 6) is 0. The van der Waals surface area contributed by atoms with Gasteiger partial charge in [-0.2, -0.15) is 5.26 Å². The van der Waals surface area contributed by atoms with E-state index in [-0.39, 0.29) is 0 Å². The Morgan fingerprint density at radius 2 is 2.00 bits per heavy atom. The lowest BCUT2D eigenvalue weighted by atomic mass is 10.0. The molecular formula is C13H11N3. The number of aromatic nitrogens is 1. The number of benzene rings is 1.